The summed E-state index contributed by atoms with van der Waals surface area (Å²) in [4.78, 5) is 36.1. The molecule has 0 N–H and O–H groups in total. The SMILES string of the molecule is O=C=C1C(=O)c2ccccc2C(=O)C1Cc1ccccc1. The van der Waals surface area contributed by atoms with Gasteiger partial charge in [0.05, 0.1) is 11.5 Å². The lowest BCUT2D eigenvalue weighted by atomic mass is 9.76. The number of hydrogen-bond acceptors (Lipinski definition) is 3. The van der Waals surface area contributed by atoms with Gasteiger partial charge in [0.15, 0.2) is 5.78 Å². The molecule has 1 atom stereocenters. The number of carbonyl (C=O) groups is 2. The summed E-state index contributed by atoms with van der Waals surface area (Å²) in [5.41, 5.74) is 1.53. The molecule has 0 saturated heterocycles. The lowest BCUT2D eigenvalue weighted by Crippen LogP contribution is -2.31. The van der Waals surface area contributed by atoms with Crippen LogP contribution in [-0.2, 0) is 11.2 Å². The van der Waals surface area contributed by atoms with Crippen LogP contribution in [0.25, 0.3) is 0 Å². The fraction of sp³-hybridized carbons (Fsp3) is 0.111. The third kappa shape index (κ3) is 2.24. The van der Waals surface area contributed by atoms with E-state index in [1.165, 1.54) is 0 Å². The van der Waals surface area contributed by atoms with Gasteiger partial charge in [-0.1, -0.05) is 54.6 Å². The first kappa shape index (κ1) is 13.2. The summed E-state index contributed by atoms with van der Waals surface area (Å²) in [5, 5.41) is 0. The van der Waals surface area contributed by atoms with E-state index in [1.54, 1.807) is 30.2 Å². The first-order valence-corrected chi connectivity index (χ1v) is 6.69. The number of fused-ring (bicyclic) bond motifs is 1. The van der Waals surface area contributed by atoms with Crippen LogP contribution in [0.3, 0.4) is 0 Å². The van der Waals surface area contributed by atoms with Gasteiger partial charge in [-0.05, 0) is 12.0 Å². The second kappa shape index (κ2) is 5.31. The summed E-state index contributed by atoms with van der Waals surface area (Å²) in [6.45, 7) is 0. The number of rotatable bonds is 2. The predicted octanol–water partition coefficient (Wildman–Crippen LogP) is 2.68. The summed E-state index contributed by atoms with van der Waals surface area (Å²) < 4.78 is 0. The highest BCUT2D eigenvalue weighted by atomic mass is 16.1. The smallest absolute Gasteiger partial charge is 0.201 e. The number of allylic oxidation sites excluding steroid dienone is 1. The third-order valence-corrected chi connectivity index (χ3v) is 3.74. The zero-order chi connectivity index (χ0) is 14.8. The van der Waals surface area contributed by atoms with E-state index in [4.69, 9.17) is 0 Å². The van der Waals surface area contributed by atoms with Gasteiger partial charge < -0.3 is 0 Å². The van der Waals surface area contributed by atoms with Gasteiger partial charge in [-0.25, -0.2) is 4.79 Å². The third-order valence-electron chi connectivity index (χ3n) is 3.74. The van der Waals surface area contributed by atoms with Crippen molar-refractivity contribution in [1.82, 2.24) is 0 Å². The van der Waals surface area contributed by atoms with Gasteiger partial charge >= 0.3 is 0 Å². The maximum Gasteiger partial charge on any atom is 0.201 e. The first-order chi connectivity index (χ1) is 10.2. The normalized spacial score (nSPS) is 17.3. The maximum absolute atomic E-state index is 12.6. The fourth-order valence-electron chi connectivity index (χ4n) is 2.68. The van der Waals surface area contributed by atoms with Crippen molar-refractivity contribution in [3.8, 4) is 0 Å². The van der Waals surface area contributed by atoms with Crippen LogP contribution in [0.2, 0.25) is 0 Å². The monoisotopic (exact) mass is 276 g/mol. The van der Waals surface area contributed by atoms with E-state index in [2.05, 4.69) is 0 Å². The van der Waals surface area contributed by atoms with Crippen LogP contribution in [0.5, 0.6) is 0 Å². The summed E-state index contributed by atoms with van der Waals surface area (Å²) >= 11 is 0. The molecule has 1 unspecified atom stereocenters. The van der Waals surface area contributed by atoms with Crippen molar-refractivity contribution in [3.63, 3.8) is 0 Å². The molecule has 3 rings (SSSR count). The molecular weight excluding hydrogens is 264 g/mol. The highest BCUT2D eigenvalue weighted by molar-refractivity contribution is 6.26. The van der Waals surface area contributed by atoms with Crippen molar-refractivity contribution in [2.75, 3.05) is 0 Å². The number of carbonyl (C=O) groups excluding carboxylic acids is 3. The molecule has 0 spiro atoms. The molecule has 102 valence electrons. The van der Waals surface area contributed by atoms with Crippen LogP contribution in [0.4, 0.5) is 0 Å². The molecule has 21 heavy (non-hydrogen) atoms. The minimum atomic E-state index is -0.743. The van der Waals surface area contributed by atoms with Crippen LogP contribution in [0.15, 0.2) is 60.2 Å². The molecule has 2 aromatic carbocycles. The highest BCUT2D eigenvalue weighted by Gasteiger charge is 2.37. The van der Waals surface area contributed by atoms with E-state index < -0.39 is 5.92 Å². The molecule has 2 aromatic rings. The van der Waals surface area contributed by atoms with Gasteiger partial charge in [0, 0.05) is 11.1 Å². The lowest BCUT2D eigenvalue weighted by molar-refractivity contribution is 0.0884. The van der Waals surface area contributed by atoms with Gasteiger partial charge in [0.25, 0.3) is 0 Å². The highest BCUT2D eigenvalue weighted by Crippen LogP contribution is 2.30. The molecule has 0 saturated carbocycles. The zero-order valence-electron chi connectivity index (χ0n) is 11.2. The largest absolute Gasteiger partial charge is 0.293 e. The summed E-state index contributed by atoms with van der Waals surface area (Å²) in [6.07, 6.45) is 0.338. The zero-order valence-corrected chi connectivity index (χ0v) is 11.2. The van der Waals surface area contributed by atoms with Gasteiger partial charge in [-0.2, -0.15) is 0 Å². The lowest BCUT2D eigenvalue weighted by Gasteiger charge is -2.23. The minimum absolute atomic E-state index is 0.0671. The van der Waals surface area contributed by atoms with Crippen molar-refractivity contribution in [2.45, 2.75) is 6.42 Å². The molecule has 0 radical (unpaired) electrons. The van der Waals surface area contributed by atoms with Crippen molar-refractivity contribution in [1.29, 1.82) is 0 Å². The Balaban J connectivity index is 2.07. The van der Waals surface area contributed by atoms with Crippen LogP contribution < -0.4 is 0 Å². The Hall–Kier alpha value is -2.77. The Labute approximate surface area is 121 Å². The Morgan fingerprint density at radius 1 is 0.857 bits per heavy atom. The van der Waals surface area contributed by atoms with Crippen LogP contribution in [0, 0.1) is 5.92 Å². The van der Waals surface area contributed by atoms with Crippen molar-refractivity contribution >= 4 is 17.5 Å². The number of hydrogen-bond donors (Lipinski definition) is 0. The minimum Gasteiger partial charge on any atom is -0.293 e. The summed E-state index contributed by atoms with van der Waals surface area (Å²) in [5.74, 6) is 0.373. The van der Waals surface area contributed by atoms with Gasteiger partial charge in [0.1, 0.15) is 5.94 Å². The summed E-state index contributed by atoms with van der Waals surface area (Å²) in [7, 11) is 0. The predicted molar refractivity (Wildman–Crippen MR) is 77.9 cm³/mol. The van der Waals surface area contributed by atoms with E-state index >= 15 is 0 Å². The standard InChI is InChI=1S/C18H12O3/c19-11-16-15(10-12-6-2-1-3-7-12)17(20)13-8-4-5-9-14(13)18(16)21/h1-9,15H,10H2. The van der Waals surface area contributed by atoms with Crippen molar-refractivity contribution in [3.05, 3.63) is 76.9 Å². The quantitative estimate of drug-likeness (QED) is 0.626. The second-order valence-corrected chi connectivity index (χ2v) is 5.00. The number of Topliss-reactive ketones (excluding diaryl/α,β-unsaturated/α-hetero) is 2. The Bertz CT molecular complexity index is 768. The van der Waals surface area contributed by atoms with E-state index in [9.17, 15) is 14.4 Å². The Kier molecular flexibility index (Phi) is 3.35. The van der Waals surface area contributed by atoms with Crippen molar-refractivity contribution in [2.24, 2.45) is 5.92 Å². The van der Waals surface area contributed by atoms with Crippen LogP contribution >= 0.6 is 0 Å². The van der Waals surface area contributed by atoms with Crippen LogP contribution in [-0.4, -0.2) is 17.5 Å². The first-order valence-electron chi connectivity index (χ1n) is 6.69. The Morgan fingerprint density at radius 2 is 1.48 bits per heavy atom. The molecular formula is C18H12O3. The molecule has 1 aliphatic rings. The molecule has 3 nitrogen and oxygen atoms in total. The Morgan fingerprint density at radius 3 is 2.14 bits per heavy atom. The molecule has 0 heterocycles. The second-order valence-electron chi connectivity index (χ2n) is 5.00. The van der Waals surface area contributed by atoms with Crippen LogP contribution in [0.1, 0.15) is 26.3 Å². The number of ketones is 2. The topological polar surface area (TPSA) is 51.2 Å². The van der Waals surface area contributed by atoms with E-state index in [0.29, 0.717) is 17.5 Å². The van der Waals surface area contributed by atoms with E-state index in [1.807, 2.05) is 30.3 Å². The van der Waals surface area contributed by atoms with E-state index in [0.717, 1.165) is 5.56 Å². The van der Waals surface area contributed by atoms with E-state index in [-0.39, 0.29) is 17.1 Å². The fourth-order valence-corrected chi connectivity index (χ4v) is 2.68. The molecule has 0 bridgehead atoms. The molecule has 0 amide bonds. The molecule has 0 fully saturated rings. The molecule has 1 aliphatic carbocycles. The van der Waals surface area contributed by atoms with Gasteiger partial charge in [-0.3, -0.25) is 9.59 Å². The molecule has 0 aliphatic heterocycles. The molecule has 3 heteroatoms. The van der Waals surface area contributed by atoms with Gasteiger partial charge in [0.2, 0.25) is 5.78 Å². The van der Waals surface area contributed by atoms with Crippen molar-refractivity contribution < 1.29 is 14.4 Å². The average molecular weight is 276 g/mol. The number of benzene rings is 2. The maximum atomic E-state index is 12.6. The van der Waals surface area contributed by atoms with Gasteiger partial charge in [-0.15, -0.1) is 0 Å². The average Bonchev–Trinajstić information content (AvgIpc) is 2.54. The molecule has 0 aromatic heterocycles. The summed E-state index contributed by atoms with van der Waals surface area (Å²) in [6, 6.07) is 16.0.